The highest BCUT2D eigenvalue weighted by atomic mass is 31.1. The van der Waals surface area contributed by atoms with Crippen LogP contribution in [0.4, 0.5) is 0 Å². The highest BCUT2D eigenvalue weighted by Crippen LogP contribution is 2.13. The molecular formula is C13H17P. The summed E-state index contributed by atoms with van der Waals surface area (Å²) in [7, 11) is -0.551. The molecule has 0 radical (unpaired) electrons. The largest absolute Gasteiger partial charge is 0.0998 e. The second-order valence-corrected chi connectivity index (χ2v) is 5.72. The molecule has 0 saturated heterocycles. The van der Waals surface area contributed by atoms with Crippen molar-refractivity contribution in [1.29, 1.82) is 0 Å². The summed E-state index contributed by atoms with van der Waals surface area (Å²) in [6.07, 6.45) is 8.19. The third kappa shape index (κ3) is 3.40. The van der Waals surface area contributed by atoms with E-state index in [1.54, 1.807) is 0 Å². The topological polar surface area (TPSA) is 0 Å². The van der Waals surface area contributed by atoms with Crippen LogP contribution in [0.5, 0.6) is 0 Å². The molecule has 1 unspecified atom stereocenters. The van der Waals surface area contributed by atoms with Crippen molar-refractivity contribution in [1.82, 2.24) is 0 Å². The van der Waals surface area contributed by atoms with Gasteiger partial charge in [0.05, 0.1) is 0 Å². The highest BCUT2D eigenvalue weighted by molar-refractivity contribution is 7.62. The average molecular weight is 204 g/mol. The molecule has 0 nitrogen and oxygen atoms in total. The number of benzene rings is 1. The minimum atomic E-state index is -0.551. The monoisotopic (exact) mass is 204 g/mol. The van der Waals surface area contributed by atoms with Crippen molar-refractivity contribution < 1.29 is 0 Å². The number of hydrogen-bond acceptors (Lipinski definition) is 0. The van der Waals surface area contributed by atoms with Gasteiger partial charge in [-0.25, -0.2) is 0 Å². The maximum atomic E-state index is 4.08. The van der Waals surface area contributed by atoms with Gasteiger partial charge in [-0.15, -0.1) is 0 Å². The van der Waals surface area contributed by atoms with Crippen LogP contribution in [0.15, 0.2) is 42.5 Å². The van der Waals surface area contributed by atoms with Crippen molar-refractivity contribution >= 4 is 25.2 Å². The minimum Gasteiger partial charge on any atom is -0.0998 e. The average Bonchev–Trinajstić information content (AvgIpc) is 2.15. The molecule has 0 aliphatic heterocycles. The smallest absolute Gasteiger partial charge is 0.0256 e. The molecule has 0 N–H and O–H groups in total. The fraction of sp³-hybridized carbons (Fsp3) is 0.154. The van der Waals surface area contributed by atoms with E-state index in [4.69, 9.17) is 0 Å². The predicted octanol–water partition coefficient (Wildman–Crippen LogP) is 3.18. The zero-order valence-electron chi connectivity index (χ0n) is 8.88. The Balaban J connectivity index is 2.83. The molecule has 74 valence electrons. The molecule has 0 fully saturated rings. The summed E-state index contributed by atoms with van der Waals surface area (Å²) in [5.74, 6) is 0. The summed E-state index contributed by atoms with van der Waals surface area (Å²) >= 11 is 0. The van der Waals surface area contributed by atoms with E-state index in [9.17, 15) is 0 Å². The normalized spacial score (nSPS) is 13.0. The standard InChI is InChI=1S/C13H17P/c1-11(2)5-6-12-7-9-13(10-8-12)14(3)4/h5-10,14H,1,3H2,2,4H3/b6-5+. The van der Waals surface area contributed by atoms with E-state index in [1.807, 2.05) is 13.0 Å². The Labute approximate surface area is 87.4 Å². The molecule has 14 heavy (non-hydrogen) atoms. The van der Waals surface area contributed by atoms with E-state index in [0.29, 0.717) is 0 Å². The summed E-state index contributed by atoms with van der Waals surface area (Å²) in [6, 6.07) is 8.60. The minimum absolute atomic E-state index is 0.551. The Morgan fingerprint density at radius 3 is 2.29 bits per heavy atom. The zero-order chi connectivity index (χ0) is 10.6. The lowest BCUT2D eigenvalue weighted by molar-refractivity contribution is 1.57. The van der Waals surface area contributed by atoms with Crippen LogP contribution in [-0.4, -0.2) is 13.0 Å². The van der Waals surface area contributed by atoms with Crippen molar-refractivity contribution in [2.45, 2.75) is 6.92 Å². The van der Waals surface area contributed by atoms with Gasteiger partial charge in [0.2, 0.25) is 0 Å². The molecular weight excluding hydrogens is 187 g/mol. The van der Waals surface area contributed by atoms with Crippen molar-refractivity contribution in [3.05, 3.63) is 48.1 Å². The van der Waals surface area contributed by atoms with Crippen LogP contribution in [0.3, 0.4) is 0 Å². The highest BCUT2D eigenvalue weighted by Gasteiger charge is 1.90. The van der Waals surface area contributed by atoms with Gasteiger partial charge in [0, 0.05) is 0 Å². The molecule has 0 aromatic heterocycles. The van der Waals surface area contributed by atoms with Crippen LogP contribution in [0.25, 0.3) is 6.08 Å². The van der Waals surface area contributed by atoms with Gasteiger partial charge in [-0.05, 0) is 24.5 Å². The number of hydrogen-bond donors (Lipinski definition) is 0. The Bertz CT molecular complexity index is 369. The number of allylic oxidation sites excluding steroid dienone is 2. The fourth-order valence-electron chi connectivity index (χ4n) is 1.12. The third-order valence-electron chi connectivity index (χ3n) is 1.96. The van der Waals surface area contributed by atoms with Crippen LogP contribution in [0.2, 0.25) is 0 Å². The Hall–Kier alpha value is -1.00. The first-order chi connectivity index (χ1) is 6.59. The molecule has 0 spiro atoms. The second kappa shape index (κ2) is 5.02. The predicted molar refractivity (Wildman–Crippen MR) is 71.3 cm³/mol. The quantitative estimate of drug-likeness (QED) is 0.524. The maximum Gasteiger partial charge on any atom is -0.0256 e. The number of rotatable bonds is 3. The van der Waals surface area contributed by atoms with Crippen molar-refractivity contribution in [2.75, 3.05) is 6.66 Å². The van der Waals surface area contributed by atoms with Gasteiger partial charge >= 0.3 is 0 Å². The third-order valence-corrected chi connectivity index (χ3v) is 3.28. The van der Waals surface area contributed by atoms with Crippen LogP contribution < -0.4 is 5.30 Å². The van der Waals surface area contributed by atoms with Gasteiger partial charge in [0.25, 0.3) is 0 Å². The summed E-state index contributed by atoms with van der Waals surface area (Å²) < 4.78 is 0. The molecule has 0 heterocycles. The van der Waals surface area contributed by atoms with Gasteiger partial charge in [0.15, 0.2) is 0 Å². The van der Waals surface area contributed by atoms with Gasteiger partial charge in [0.1, 0.15) is 0 Å². The summed E-state index contributed by atoms with van der Waals surface area (Å²) in [6.45, 7) is 8.02. The lowest BCUT2D eigenvalue weighted by Crippen LogP contribution is -1.93. The zero-order valence-corrected chi connectivity index (χ0v) is 9.88. The van der Waals surface area contributed by atoms with Gasteiger partial charge < -0.3 is 0 Å². The summed E-state index contributed by atoms with van der Waals surface area (Å²) in [4.78, 5) is 0. The van der Waals surface area contributed by atoms with E-state index in [0.717, 1.165) is 5.57 Å². The Morgan fingerprint density at radius 2 is 1.86 bits per heavy atom. The first-order valence-corrected chi connectivity index (χ1v) is 6.90. The van der Waals surface area contributed by atoms with E-state index in [1.165, 1.54) is 10.9 Å². The lowest BCUT2D eigenvalue weighted by Gasteiger charge is -2.00. The molecule has 1 aromatic carbocycles. The molecule has 0 saturated carbocycles. The molecule has 1 aromatic rings. The van der Waals surface area contributed by atoms with Gasteiger partial charge in [-0.3, -0.25) is 0 Å². The molecule has 0 aliphatic carbocycles. The van der Waals surface area contributed by atoms with Crippen LogP contribution in [-0.2, 0) is 0 Å². The van der Waals surface area contributed by atoms with Crippen molar-refractivity contribution in [3.8, 4) is 0 Å². The second-order valence-electron chi connectivity index (χ2n) is 3.58. The van der Waals surface area contributed by atoms with Gasteiger partial charge in [-0.1, -0.05) is 62.4 Å². The fourth-order valence-corrected chi connectivity index (χ4v) is 1.85. The Morgan fingerprint density at radius 1 is 1.29 bits per heavy atom. The molecule has 0 aliphatic rings. The first-order valence-electron chi connectivity index (χ1n) is 4.69. The maximum absolute atomic E-state index is 4.08. The van der Waals surface area contributed by atoms with E-state index in [-0.39, 0.29) is 0 Å². The van der Waals surface area contributed by atoms with Crippen molar-refractivity contribution in [2.24, 2.45) is 0 Å². The molecule has 1 rings (SSSR count). The van der Waals surface area contributed by atoms with Gasteiger partial charge in [-0.2, -0.15) is 0 Å². The van der Waals surface area contributed by atoms with E-state index < -0.39 is 7.55 Å². The molecule has 1 atom stereocenters. The first kappa shape index (κ1) is 11.1. The summed E-state index contributed by atoms with van der Waals surface area (Å²) in [5.41, 5.74) is 2.30. The molecule has 1 heteroatoms. The summed E-state index contributed by atoms with van der Waals surface area (Å²) in [5, 5.41) is 1.38. The Kier molecular flexibility index (Phi) is 3.98. The SMILES string of the molecule is C=C(C)/C=C/c1ccc([PH](=C)C)cc1. The van der Waals surface area contributed by atoms with E-state index in [2.05, 4.69) is 49.9 Å². The molecule has 0 amide bonds. The molecule has 0 bridgehead atoms. The van der Waals surface area contributed by atoms with Crippen LogP contribution >= 0.6 is 7.55 Å². The van der Waals surface area contributed by atoms with E-state index >= 15 is 0 Å². The van der Waals surface area contributed by atoms with Crippen molar-refractivity contribution in [3.63, 3.8) is 0 Å². The van der Waals surface area contributed by atoms with Crippen LogP contribution in [0.1, 0.15) is 12.5 Å². The lowest BCUT2D eigenvalue weighted by atomic mass is 10.2. The van der Waals surface area contributed by atoms with Crippen LogP contribution in [0, 0.1) is 0 Å².